The standard InChI is InChI=1S/C51H102NO7P/c1-6-8-10-12-14-16-18-20-22-24-25-26-27-28-29-30-32-34-36-38-40-42-44-51(53)59-50(49-58-60(54,55)57-47-45-52(3,4)5)48-56-46-43-41-39-37-35-33-31-23-21-19-17-15-13-11-9-7-2/h43,46,50H,6-42,44-45,47-49H2,1-5H3/p+1/b46-43+/t50-/m1/s1. The van der Waals surface area contributed by atoms with E-state index in [1.807, 2.05) is 27.2 Å². The Balaban J connectivity index is 4.11. The second-order valence-electron chi connectivity index (χ2n) is 19.0. The van der Waals surface area contributed by atoms with E-state index in [2.05, 4.69) is 13.8 Å². The third-order valence-corrected chi connectivity index (χ3v) is 12.7. The van der Waals surface area contributed by atoms with Gasteiger partial charge in [-0.15, -0.1) is 0 Å². The molecular formula is C51H103NO7P+. The van der Waals surface area contributed by atoms with Crippen molar-refractivity contribution in [1.82, 2.24) is 0 Å². The van der Waals surface area contributed by atoms with Crippen LogP contribution in [0.1, 0.15) is 258 Å². The number of unbranched alkanes of at least 4 members (excludes halogenated alkanes) is 35. The highest BCUT2D eigenvalue weighted by molar-refractivity contribution is 7.47. The lowest BCUT2D eigenvalue weighted by Gasteiger charge is -2.24. The van der Waals surface area contributed by atoms with Gasteiger partial charge in [0.2, 0.25) is 0 Å². The lowest BCUT2D eigenvalue weighted by molar-refractivity contribution is -0.870. The molecule has 1 N–H and O–H groups in total. The van der Waals surface area contributed by atoms with Crippen LogP contribution in [0.3, 0.4) is 0 Å². The Bertz CT molecular complexity index is 972. The van der Waals surface area contributed by atoms with Gasteiger partial charge < -0.3 is 18.9 Å². The third-order valence-electron chi connectivity index (χ3n) is 11.7. The van der Waals surface area contributed by atoms with Crippen molar-refractivity contribution in [3.63, 3.8) is 0 Å². The van der Waals surface area contributed by atoms with Crippen LogP contribution in [-0.2, 0) is 27.9 Å². The zero-order chi connectivity index (χ0) is 44.1. The van der Waals surface area contributed by atoms with E-state index in [4.69, 9.17) is 18.5 Å². The second kappa shape index (κ2) is 44.7. The second-order valence-corrected chi connectivity index (χ2v) is 20.4. The summed E-state index contributed by atoms with van der Waals surface area (Å²) in [4.78, 5) is 23.0. The molecule has 0 bridgehead atoms. The number of hydrogen-bond donors (Lipinski definition) is 1. The molecular weight excluding hydrogens is 770 g/mol. The fourth-order valence-corrected chi connectivity index (χ4v) is 8.38. The van der Waals surface area contributed by atoms with Crippen LogP contribution in [0.2, 0.25) is 0 Å². The predicted molar refractivity (Wildman–Crippen MR) is 256 cm³/mol. The van der Waals surface area contributed by atoms with E-state index in [0.717, 1.165) is 32.1 Å². The fraction of sp³-hybridized carbons (Fsp3) is 0.941. The average Bonchev–Trinajstić information content (AvgIpc) is 3.20. The highest BCUT2D eigenvalue weighted by Gasteiger charge is 2.26. The summed E-state index contributed by atoms with van der Waals surface area (Å²) in [6.07, 6.45) is 52.1. The monoisotopic (exact) mass is 873 g/mol. The highest BCUT2D eigenvalue weighted by Crippen LogP contribution is 2.43. The van der Waals surface area contributed by atoms with Crippen molar-refractivity contribution >= 4 is 13.8 Å². The van der Waals surface area contributed by atoms with Crippen LogP contribution >= 0.6 is 7.82 Å². The van der Waals surface area contributed by atoms with E-state index < -0.39 is 13.9 Å². The number of phosphoric acid groups is 1. The quantitative estimate of drug-likeness (QED) is 0.0214. The summed E-state index contributed by atoms with van der Waals surface area (Å²) in [5.41, 5.74) is 0. The summed E-state index contributed by atoms with van der Waals surface area (Å²) >= 11 is 0. The summed E-state index contributed by atoms with van der Waals surface area (Å²) in [6.45, 7) is 4.99. The van der Waals surface area contributed by atoms with Gasteiger partial charge in [-0.3, -0.25) is 13.8 Å². The maximum absolute atomic E-state index is 12.7. The van der Waals surface area contributed by atoms with Crippen molar-refractivity contribution < 1.29 is 37.3 Å². The summed E-state index contributed by atoms with van der Waals surface area (Å²) in [5.74, 6) is -0.328. The van der Waals surface area contributed by atoms with E-state index in [1.54, 1.807) is 6.26 Å². The van der Waals surface area contributed by atoms with E-state index in [9.17, 15) is 14.3 Å². The Morgan fingerprint density at radius 3 is 1.23 bits per heavy atom. The van der Waals surface area contributed by atoms with Gasteiger partial charge in [0, 0.05) is 6.42 Å². The number of likely N-dealkylation sites (N-methyl/N-ethyl adjacent to an activating group) is 1. The van der Waals surface area contributed by atoms with Crippen LogP contribution < -0.4 is 0 Å². The molecule has 0 spiro atoms. The smallest absolute Gasteiger partial charge is 0.472 e. The summed E-state index contributed by atoms with van der Waals surface area (Å²) < 4.78 is 34.9. The first-order valence-corrected chi connectivity index (χ1v) is 27.5. The number of carbonyl (C=O) groups is 1. The predicted octanol–water partition coefficient (Wildman–Crippen LogP) is 16.1. The SMILES string of the molecule is CCCCCCCCCCCCCCCC/C=C/OC[C@H](COP(=O)(O)OCC[N+](C)(C)C)OC(=O)CCCCCCCCCCCCCCCCCCCCCCCC. The first kappa shape index (κ1) is 59.1. The van der Waals surface area contributed by atoms with Crippen molar-refractivity contribution in [2.75, 3.05) is 47.5 Å². The van der Waals surface area contributed by atoms with Gasteiger partial charge in [-0.25, -0.2) is 4.57 Å². The van der Waals surface area contributed by atoms with Crippen LogP contribution in [0.4, 0.5) is 0 Å². The Labute approximate surface area is 373 Å². The molecule has 0 aliphatic rings. The van der Waals surface area contributed by atoms with Gasteiger partial charge in [0.15, 0.2) is 6.10 Å². The molecule has 0 aromatic heterocycles. The number of rotatable bonds is 49. The number of quaternary nitrogens is 1. The van der Waals surface area contributed by atoms with Crippen LogP contribution in [-0.4, -0.2) is 69.0 Å². The molecule has 0 saturated carbocycles. The van der Waals surface area contributed by atoms with E-state index in [0.29, 0.717) is 17.4 Å². The van der Waals surface area contributed by atoms with Gasteiger partial charge in [-0.05, 0) is 25.3 Å². The first-order valence-electron chi connectivity index (χ1n) is 26.0. The summed E-state index contributed by atoms with van der Waals surface area (Å²) in [5, 5.41) is 0. The van der Waals surface area contributed by atoms with Crippen LogP contribution in [0.25, 0.3) is 0 Å². The number of esters is 1. The first-order chi connectivity index (χ1) is 29.1. The molecule has 1 unspecified atom stereocenters. The Hall–Kier alpha value is -0.920. The minimum absolute atomic E-state index is 0.0548. The molecule has 0 aliphatic heterocycles. The third kappa shape index (κ3) is 48.1. The lowest BCUT2D eigenvalue weighted by atomic mass is 10.0. The number of ether oxygens (including phenoxy) is 2. The van der Waals surface area contributed by atoms with E-state index in [1.165, 1.54) is 205 Å². The molecule has 0 fully saturated rings. The summed E-state index contributed by atoms with van der Waals surface area (Å²) in [7, 11) is 1.65. The van der Waals surface area contributed by atoms with Crippen LogP contribution in [0.15, 0.2) is 12.3 Å². The molecule has 358 valence electrons. The number of nitrogens with zero attached hydrogens (tertiary/aromatic N) is 1. The summed E-state index contributed by atoms with van der Waals surface area (Å²) in [6, 6.07) is 0. The maximum Gasteiger partial charge on any atom is 0.472 e. The maximum atomic E-state index is 12.7. The molecule has 0 rings (SSSR count). The van der Waals surface area contributed by atoms with Crippen molar-refractivity contribution in [3.05, 3.63) is 12.3 Å². The van der Waals surface area contributed by atoms with Gasteiger partial charge >= 0.3 is 13.8 Å². The molecule has 9 heteroatoms. The van der Waals surface area contributed by atoms with Crippen molar-refractivity contribution in [1.29, 1.82) is 0 Å². The minimum atomic E-state index is -4.29. The van der Waals surface area contributed by atoms with Gasteiger partial charge in [0.1, 0.15) is 19.8 Å². The largest absolute Gasteiger partial charge is 0.498 e. The molecule has 0 aromatic rings. The molecule has 0 radical (unpaired) electrons. The molecule has 60 heavy (non-hydrogen) atoms. The van der Waals surface area contributed by atoms with Gasteiger partial charge in [0.05, 0.1) is 34.0 Å². The van der Waals surface area contributed by atoms with Crippen LogP contribution in [0.5, 0.6) is 0 Å². The lowest BCUT2D eigenvalue weighted by Crippen LogP contribution is -2.37. The molecule has 0 aliphatic carbocycles. The molecule has 0 saturated heterocycles. The van der Waals surface area contributed by atoms with Crippen molar-refractivity contribution in [2.24, 2.45) is 0 Å². The van der Waals surface area contributed by atoms with E-state index >= 15 is 0 Å². The molecule has 0 amide bonds. The topological polar surface area (TPSA) is 91.3 Å². The molecule has 0 heterocycles. The Kier molecular flexibility index (Phi) is 44.0. The normalized spacial score (nSPS) is 13.6. The molecule has 0 aromatic carbocycles. The highest BCUT2D eigenvalue weighted by atomic mass is 31.2. The number of phosphoric ester groups is 1. The fourth-order valence-electron chi connectivity index (χ4n) is 7.64. The molecule has 8 nitrogen and oxygen atoms in total. The van der Waals surface area contributed by atoms with Crippen molar-refractivity contribution in [3.8, 4) is 0 Å². The van der Waals surface area contributed by atoms with Gasteiger partial charge in [-0.2, -0.15) is 0 Å². The van der Waals surface area contributed by atoms with Gasteiger partial charge in [-0.1, -0.05) is 232 Å². The van der Waals surface area contributed by atoms with Crippen LogP contribution in [0, 0.1) is 0 Å². The number of allylic oxidation sites excluding steroid dienone is 1. The minimum Gasteiger partial charge on any atom is -0.498 e. The Morgan fingerprint density at radius 2 is 0.867 bits per heavy atom. The zero-order valence-electron chi connectivity index (χ0n) is 40.7. The molecule has 2 atom stereocenters. The number of hydrogen-bond acceptors (Lipinski definition) is 6. The zero-order valence-corrected chi connectivity index (χ0v) is 41.6. The Morgan fingerprint density at radius 1 is 0.517 bits per heavy atom. The number of carbonyl (C=O) groups excluding carboxylic acids is 1. The van der Waals surface area contributed by atoms with Crippen molar-refractivity contribution in [2.45, 2.75) is 264 Å². The van der Waals surface area contributed by atoms with E-state index in [-0.39, 0.29) is 25.8 Å². The van der Waals surface area contributed by atoms with Gasteiger partial charge in [0.25, 0.3) is 0 Å². The average molecular weight is 873 g/mol.